The molecule has 7 heteroatoms. The first-order valence-corrected chi connectivity index (χ1v) is 10.6. The summed E-state index contributed by atoms with van der Waals surface area (Å²) in [6.07, 6.45) is 7.38. The van der Waals surface area contributed by atoms with Crippen LogP contribution in [0.2, 0.25) is 5.02 Å². The maximum Gasteiger partial charge on any atom is 0.277 e. The Kier molecular flexibility index (Phi) is 5.50. The molecular weight excluding hydrogens is 370 g/mol. The van der Waals surface area contributed by atoms with Crippen molar-refractivity contribution < 1.29 is 9.21 Å². The lowest BCUT2D eigenvalue weighted by Crippen LogP contribution is -2.50. The van der Waals surface area contributed by atoms with Gasteiger partial charge in [0.1, 0.15) is 0 Å². The van der Waals surface area contributed by atoms with Crippen molar-refractivity contribution >= 4 is 29.3 Å². The van der Waals surface area contributed by atoms with Gasteiger partial charge in [-0.15, -0.1) is 10.2 Å². The highest BCUT2D eigenvalue weighted by Gasteiger charge is 2.35. The molecular formula is C19H22ClN3O2S. The average Bonchev–Trinajstić information content (AvgIpc) is 3.15. The molecule has 2 aliphatic rings. The van der Waals surface area contributed by atoms with E-state index in [-0.39, 0.29) is 5.91 Å². The minimum absolute atomic E-state index is 0.192. The number of carbonyl (C=O) groups excluding carboxylic acids is 1. The number of benzene rings is 1. The summed E-state index contributed by atoms with van der Waals surface area (Å²) in [6.45, 7) is 0.889. The lowest BCUT2D eigenvalue weighted by molar-refractivity contribution is -0.134. The van der Waals surface area contributed by atoms with Crippen molar-refractivity contribution in [1.82, 2.24) is 15.1 Å². The molecule has 1 aliphatic carbocycles. The highest BCUT2D eigenvalue weighted by atomic mass is 35.5. The fourth-order valence-corrected chi connectivity index (χ4v) is 4.89. The number of rotatable bonds is 4. The van der Waals surface area contributed by atoms with Gasteiger partial charge in [0.25, 0.3) is 5.22 Å². The number of halogens is 1. The fraction of sp³-hybridized carbons (Fsp3) is 0.526. The molecule has 0 spiro atoms. The second-order valence-corrected chi connectivity index (χ2v) is 8.37. The van der Waals surface area contributed by atoms with Gasteiger partial charge in [0.2, 0.25) is 11.8 Å². The first-order valence-electron chi connectivity index (χ1n) is 9.22. The highest BCUT2D eigenvalue weighted by molar-refractivity contribution is 7.99. The zero-order valence-electron chi connectivity index (χ0n) is 14.6. The molecule has 2 aromatic rings. The molecule has 0 N–H and O–H groups in total. The number of thioether (sulfide) groups is 1. The van der Waals surface area contributed by atoms with Gasteiger partial charge in [0.15, 0.2) is 0 Å². The largest absolute Gasteiger partial charge is 0.411 e. The van der Waals surface area contributed by atoms with Crippen LogP contribution in [0.25, 0.3) is 11.5 Å². The van der Waals surface area contributed by atoms with Crippen LogP contribution >= 0.6 is 23.4 Å². The van der Waals surface area contributed by atoms with Crippen LogP contribution in [0.4, 0.5) is 0 Å². The summed E-state index contributed by atoms with van der Waals surface area (Å²) in [7, 11) is 0. The summed E-state index contributed by atoms with van der Waals surface area (Å²) < 4.78 is 5.68. The summed E-state index contributed by atoms with van der Waals surface area (Å²) in [5, 5.41) is 9.22. The Morgan fingerprint density at radius 3 is 2.77 bits per heavy atom. The number of hydrogen-bond acceptors (Lipinski definition) is 5. The first kappa shape index (κ1) is 17.9. The van der Waals surface area contributed by atoms with Crippen molar-refractivity contribution in [2.45, 2.75) is 49.8 Å². The Balaban J connectivity index is 1.36. The molecule has 0 bridgehead atoms. The molecule has 4 rings (SSSR count). The highest BCUT2D eigenvalue weighted by Crippen LogP contribution is 2.35. The number of amides is 1. The van der Waals surface area contributed by atoms with Crippen molar-refractivity contribution in [1.29, 1.82) is 0 Å². The second kappa shape index (κ2) is 8.01. The maximum absolute atomic E-state index is 12.7. The number of fused-ring (bicyclic) bond motifs is 1. The molecule has 2 heterocycles. The van der Waals surface area contributed by atoms with E-state index in [1.54, 1.807) is 12.1 Å². The van der Waals surface area contributed by atoms with Gasteiger partial charge >= 0.3 is 0 Å². The normalized spacial score (nSPS) is 22.9. The van der Waals surface area contributed by atoms with Crippen molar-refractivity contribution in [3.63, 3.8) is 0 Å². The fourth-order valence-electron chi connectivity index (χ4n) is 4.12. The predicted octanol–water partition coefficient (Wildman–Crippen LogP) is 4.66. The Labute approximate surface area is 162 Å². The van der Waals surface area contributed by atoms with Gasteiger partial charge in [-0.3, -0.25) is 4.79 Å². The Bertz CT molecular complexity index is 762. The van der Waals surface area contributed by atoms with Crippen molar-refractivity contribution in [3.05, 3.63) is 29.3 Å². The van der Waals surface area contributed by atoms with E-state index in [4.69, 9.17) is 16.0 Å². The molecule has 138 valence electrons. The van der Waals surface area contributed by atoms with Crippen LogP contribution in [-0.2, 0) is 4.79 Å². The lowest BCUT2D eigenvalue weighted by atomic mass is 9.78. The minimum Gasteiger partial charge on any atom is -0.411 e. The second-order valence-electron chi connectivity index (χ2n) is 7.01. The minimum atomic E-state index is 0.192. The third-order valence-corrected chi connectivity index (χ3v) is 6.44. The molecule has 1 aliphatic heterocycles. The topological polar surface area (TPSA) is 59.2 Å². The maximum atomic E-state index is 12.7. The predicted molar refractivity (Wildman–Crippen MR) is 102 cm³/mol. The van der Waals surface area contributed by atoms with Crippen LogP contribution in [0.5, 0.6) is 0 Å². The van der Waals surface area contributed by atoms with Crippen LogP contribution in [0.3, 0.4) is 0 Å². The summed E-state index contributed by atoms with van der Waals surface area (Å²) in [4.78, 5) is 14.8. The van der Waals surface area contributed by atoms with Gasteiger partial charge in [-0.2, -0.15) is 0 Å². The van der Waals surface area contributed by atoms with E-state index in [0.717, 1.165) is 24.9 Å². The van der Waals surface area contributed by atoms with Crippen LogP contribution in [-0.4, -0.2) is 39.3 Å². The van der Waals surface area contributed by atoms with Crippen molar-refractivity contribution in [3.8, 4) is 11.5 Å². The lowest BCUT2D eigenvalue weighted by Gasteiger charge is -2.44. The number of nitrogens with zero attached hydrogens (tertiary/aromatic N) is 3. The van der Waals surface area contributed by atoms with Crippen LogP contribution in [0.15, 0.2) is 33.9 Å². The van der Waals surface area contributed by atoms with E-state index in [1.807, 2.05) is 12.1 Å². The standard InChI is InChI=1S/C19H22ClN3O2S/c20-15-9-7-14(8-10-15)18-21-22-19(25-18)26-12-17(24)23-11-3-5-13-4-1-2-6-16(13)23/h7-10,13,16H,1-6,11-12H2. The van der Waals surface area contributed by atoms with Gasteiger partial charge in [0, 0.05) is 23.2 Å². The smallest absolute Gasteiger partial charge is 0.277 e. The molecule has 2 unspecified atom stereocenters. The zero-order chi connectivity index (χ0) is 17.9. The van der Waals surface area contributed by atoms with Gasteiger partial charge in [-0.05, 0) is 55.9 Å². The Morgan fingerprint density at radius 2 is 1.92 bits per heavy atom. The van der Waals surface area contributed by atoms with E-state index in [1.165, 1.54) is 37.4 Å². The van der Waals surface area contributed by atoms with Crippen molar-refractivity contribution in [2.24, 2.45) is 5.92 Å². The molecule has 1 saturated carbocycles. The zero-order valence-corrected chi connectivity index (χ0v) is 16.1. The average molecular weight is 392 g/mol. The van der Waals surface area contributed by atoms with Gasteiger partial charge in [0.05, 0.1) is 5.75 Å². The number of aromatic nitrogens is 2. The molecule has 1 aromatic carbocycles. The van der Waals surface area contributed by atoms with Crippen molar-refractivity contribution in [2.75, 3.05) is 12.3 Å². The van der Waals surface area contributed by atoms with Gasteiger partial charge in [-0.25, -0.2) is 0 Å². The molecule has 26 heavy (non-hydrogen) atoms. The number of carbonyl (C=O) groups is 1. The summed E-state index contributed by atoms with van der Waals surface area (Å²) in [5.41, 5.74) is 0.821. The molecule has 1 amide bonds. The van der Waals surface area contributed by atoms with E-state index < -0.39 is 0 Å². The van der Waals surface area contributed by atoms with Crippen LogP contribution in [0, 0.1) is 5.92 Å². The third kappa shape index (κ3) is 3.91. The number of hydrogen-bond donors (Lipinski definition) is 0. The molecule has 1 aromatic heterocycles. The molecule has 2 fully saturated rings. The van der Waals surface area contributed by atoms with Crippen LogP contribution < -0.4 is 0 Å². The van der Waals surface area contributed by atoms with E-state index in [9.17, 15) is 4.79 Å². The first-order chi connectivity index (χ1) is 12.7. The van der Waals surface area contributed by atoms with Gasteiger partial charge < -0.3 is 9.32 Å². The SMILES string of the molecule is O=C(CSc1nnc(-c2ccc(Cl)cc2)o1)N1CCCC2CCCCC21. The quantitative estimate of drug-likeness (QED) is 0.709. The van der Waals surface area contributed by atoms with E-state index in [2.05, 4.69) is 15.1 Å². The summed E-state index contributed by atoms with van der Waals surface area (Å²) >= 11 is 7.22. The van der Waals surface area contributed by atoms with E-state index in [0.29, 0.717) is 33.8 Å². The Morgan fingerprint density at radius 1 is 1.15 bits per heavy atom. The van der Waals surface area contributed by atoms with Gasteiger partial charge in [-0.1, -0.05) is 36.2 Å². The van der Waals surface area contributed by atoms with Crippen LogP contribution in [0.1, 0.15) is 38.5 Å². The monoisotopic (exact) mass is 391 g/mol. The third-order valence-electron chi connectivity index (χ3n) is 5.38. The molecule has 1 saturated heterocycles. The summed E-state index contributed by atoms with van der Waals surface area (Å²) in [6, 6.07) is 7.69. The molecule has 2 atom stereocenters. The van der Waals surface area contributed by atoms with E-state index >= 15 is 0 Å². The summed E-state index contributed by atoms with van der Waals surface area (Å²) in [5.74, 6) is 1.69. The molecule has 0 radical (unpaired) electrons. The number of likely N-dealkylation sites (tertiary alicyclic amines) is 1. The number of piperidine rings is 1. The Hall–Kier alpha value is -1.53. The molecule has 5 nitrogen and oxygen atoms in total.